The molecule has 0 aliphatic rings. The Kier molecular flexibility index (Phi) is 5.64. The average Bonchev–Trinajstić information content (AvgIpc) is 2.53. The fraction of sp³-hybridized carbons (Fsp3) is 0.235. The fourth-order valence-corrected chi connectivity index (χ4v) is 1.62. The van der Waals surface area contributed by atoms with Crippen LogP contribution in [0.5, 0.6) is 17.2 Å². The van der Waals surface area contributed by atoms with Gasteiger partial charge in [-0.05, 0) is 50.2 Å². The van der Waals surface area contributed by atoms with Gasteiger partial charge in [0.25, 0.3) is 0 Å². The molecule has 0 amide bonds. The van der Waals surface area contributed by atoms with E-state index in [1.54, 1.807) is 0 Å². The first-order valence-corrected chi connectivity index (χ1v) is 6.89. The van der Waals surface area contributed by atoms with Gasteiger partial charge in [0.1, 0.15) is 30.5 Å². The zero-order valence-corrected chi connectivity index (χ0v) is 12.3. The first-order valence-electron chi connectivity index (χ1n) is 6.89. The number of rotatable bonds is 7. The largest absolute Gasteiger partial charge is 0.488 e. The Hall–Kier alpha value is -2.49. The highest BCUT2D eigenvalue weighted by Gasteiger charge is 1.99. The van der Waals surface area contributed by atoms with Crippen molar-refractivity contribution in [1.29, 1.82) is 0 Å². The van der Waals surface area contributed by atoms with Gasteiger partial charge in [-0.2, -0.15) is 0 Å². The summed E-state index contributed by atoms with van der Waals surface area (Å²) in [5.41, 5.74) is 0.793. The molecule has 2 aromatic rings. The van der Waals surface area contributed by atoms with Crippen molar-refractivity contribution in [2.45, 2.75) is 13.8 Å². The normalized spacial score (nSPS) is 11.0. The molecule has 0 atom stereocenters. The van der Waals surface area contributed by atoms with Crippen molar-refractivity contribution in [3.63, 3.8) is 0 Å². The third-order valence-electron chi connectivity index (χ3n) is 2.60. The van der Waals surface area contributed by atoms with E-state index >= 15 is 0 Å². The lowest BCUT2D eigenvalue weighted by atomic mass is 10.3. The van der Waals surface area contributed by atoms with Gasteiger partial charge < -0.3 is 14.3 Å². The molecule has 0 unspecified atom stereocenters. The molecule has 0 N–H and O–H groups in total. The summed E-state index contributed by atoms with van der Waals surface area (Å²) in [6.45, 7) is 4.72. The van der Waals surface area contributed by atoms with Crippen LogP contribution in [0, 0.1) is 0 Å². The standard InChI is InChI=1S/C17H19NO3/c1-3-20-18-14(2)13-19-15-9-11-17(12-10-15)21-16-7-5-4-6-8-16/h4-12H,3,13H2,1-2H3. The minimum atomic E-state index is 0.402. The van der Waals surface area contributed by atoms with Crippen molar-refractivity contribution in [3.8, 4) is 17.2 Å². The molecule has 0 aliphatic carbocycles. The topological polar surface area (TPSA) is 40.0 Å². The summed E-state index contributed by atoms with van der Waals surface area (Å²) in [5.74, 6) is 2.35. The van der Waals surface area contributed by atoms with Crippen LogP contribution >= 0.6 is 0 Å². The van der Waals surface area contributed by atoms with Crippen LogP contribution in [0.3, 0.4) is 0 Å². The number of para-hydroxylation sites is 1. The number of nitrogens with zero attached hydrogens (tertiary/aromatic N) is 1. The van der Waals surface area contributed by atoms with Crippen LogP contribution in [-0.2, 0) is 4.84 Å². The van der Waals surface area contributed by atoms with Gasteiger partial charge in [-0.3, -0.25) is 0 Å². The van der Waals surface area contributed by atoms with Gasteiger partial charge in [0.15, 0.2) is 0 Å². The van der Waals surface area contributed by atoms with Crippen molar-refractivity contribution in [2.24, 2.45) is 5.16 Å². The van der Waals surface area contributed by atoms with E-state index in [4.69, 9.17) is 14.3 Å². The van der Waals surface area contributed by atoms with Crippen molar-refractivity contribution in [3.05, 3.63) is 54.6 Å². The van der Waals surface area contributed by atoms with Crippen LogP contribution in [0.1, 0.15) is 13.8 Å². The minimum Gasteiger partial charge on any atom is -0.488 e. The zero-order valence-electron chi connectivity index (χ0n) is 12.3. The number of oxime groups is 1. The van der Waals surface area contributed by atoms with Gasteiger partial charge in [0, 0.05) is 0 Å². The van der Waals surface area contributed by atoms with E-state index in [1.807, 2.05) is 68.4 Å². The Balaban J connectivity index is 1.87. The number of hydrogen-bond donors (Lipinski definition) is 0. The van der Waals surface area contributed by atoms with E-state index < -0.39 is 0 Å². The van der Waals surface area contributed by atoms with Crippen molar-refractivity contribution < 1.29 is 14.3 Å². The van der Waals surface area contributed by atoms with E-state index in [9.17, 15) is 0 Å². The molecule has 0 saturated carbocycles. The monoisotopic (exact) mass is 285 g/mol. The lowest BCUT2D eigenvalue weighted by Gasteiger charge is -2.08. The summed E-state index contributed by atoms with van der Waals surface area (Å²) in [6, 6.07) is 17.1. The van der Waals surface area contributed by atoms with E-state index in [1.165, 1.54) is 0 Å². The van der Waals surface area contributed by atoms with Crippen LogP contribution < -0.4 is 9.47 Å². The van der Waals surface area contributed by atoms with Crippen molar-refractivity contribution >= 4 is 5.71 Å². The van der Waals surface area contributed by atoms with E-state index in [-0.39, 0.29) is 0 Å². The Labute approximate surface area is 125 Å². The molecule has 4 nitrogen and oxygen atoms in total. The van der Waals surface area contributed by atoms with Crippen LogP contribution in [-0.4, -0.2) is 18.9 Å². The van der Waals surface area contributed by atoms with Gasteiger partial charge in [-0.15, -0.1) is 0 Å². The molecule has 0 radical (unpaired) electrons. The second kappa shape index (κ2) is 7.94. The second-order valence-corrected chi connectivity index (χ2v) is 4.42. The third-order valence-corrected chi connectivity index (χ3v) is 2.60. The number of benzene rings is 2. The van der Waals surface area contributed by atoms with Gasteiger partial charge in [-0.1, -0.05) is 23.4 Å². The van der Waals surface area contributed by atoms with E-state index in [0.29, 0.717) is 13.2 Å². The SMILES string of the molecule is CCON=C(C)COc1ccc(Oc2ccccc2)cc1. The van der Waals surface area contributed by atoms with Crippen LogP contribution in [0.4, 0.5) is 0 Å². The molecule has 110 valence electrons. The highest BCUT2D eigenvalue weighted by molar-refractivity contribution is 5.82. The molecule has 0 saturated heterocycles. The first-order chi connectivity index (χ1) is 10.3. The Morgan fingerprint density at radius 3 is 2.19 bits per heavy atom. The van der Waals surface area contributed by atoms with Crippen molar-refractivity contribution in [2.75, 3.05) is 13.2 Å². The molecule has 0 aromatic heterocycles. The summed E-state index contributed by atoms with van der Waals surface area (Å²) in [4.78, 5) is 4.96. The molecule has 2 rings (SSSR count). The lowest BCUT2D eigenvalue weighted by Crippen LogP contribution is -2.08. The second-order valence-electron chi connectivity index (χ2n) is 4.42. The van der Waals surface area contributed by atoms with Gasteiger partial charge >= 0.3 is 0 Å². The van der Waals surface area contributed by atoms with E-state index in [0.717, 1.165) is 23.0 Å². The molecular formula is C17H19NO3. The molecule has 0 heterocycles. The van der Waals surface area contributed by atoms with E-state index in [2.05, 4.69) is 5.16 Å². The molecule has 0 fully saturated rings. The lowest BCUT2D eigenvalue weighted by molar-refractivity contribution is 0.156. The maximum Gasteiger partial charge on any atom is 0.129 e. The quantitative estimate of drug-likeness (QED) is 0.563. The predicted molar refractivity (Wildman–Crippen MR) is 83.2 cm³/mol. The summed E-state index contributed by atoms with van der Waals surface area (Å²) in [6.07, 6.45) is 0. The first kappa shape index (κ1) is 14.9. The smallest absolute Gasteiger partial charge is 0.129 e. The summed E-state index contributed by atoms with van der Waals surface area (Å²) < 4.78 is 11.3. The molecule has 4 heteroatoms. The molecule has 0 spiro atoms. The number of ether oxygens (including phenoxy) is 2. The molecule has 0 bridgehead atoms. The Morgan fingerprint density at radius 1 is 0.905 bits per heavy atom. The van der Waals surface area contributed by atoms with Crippen LogP contribution in [0.2, 0.25) is 0 Å². The summed E-state index contributed by atoms with van der Waals surface area (Å²) in [7, 11) is 0. The molecular weight excluding hydrogens is 266 g/mol. The summed E-state index contributed by atoms with van der Waals surface area (Å²) >= 11 is 0. The highest BCUT2D eigenvalue weighted by Crippen LogP contribution is 2.23. The predicted octanol–water partition coefficient (Wildman–Crippen LogP) is 4.27. The Bertz CT molecular complexity index is 564. The van der Waals surface area contributed by atoms with Gasteiger partial charge in [-0.25, -0.2) is 0 Å². The maximum absolute atomic E-state index is 5.71. The molecule has 0 aliphatic heterocycles. The Morgan fingerprint density at radius 2 is 1.52 bits per heavy atom. The molecule has 21 heavy (non-hydrogen) atoms. The summed E-state index contributed by atoms with van der Waals surface area (Å²) in [5, 5.41) is 3.90. The van der Waals surface area contributed by atoms with Gasteiger partial charge in [0.2, 0.25) is 0 Å². The highest BCUT2D eigenvalue weighted by atomic mass is 16.6. The van der Waals surface area contributed by atoms with Crippen LogP contribution in [0.15, 0.2) is 59.8 Å². The zero-order chi connectivity index (χ0) is 14.9. The maximum atomic E-state index is 5.71. The third kappa shape index (κ3) is 5.18. The average molecular weight is 285 g/mol. The van der Waals surface area contributed by atoms with Gasteiger partial charge in [0.05, 0.1) is 5.71 Å². The minimum absolute atomic E-state index is 0.402. The molecule has 2 aromatic carbocycles. The van der Waals surface area contributed by atoms with Crippen LogP contribution in [0.25, 0.3) is 0 Å². The van der Waals surface area contributed by atoms with Crippen molar-refractivity contribution in [1.82, 2.24) is 0 Å². The number of hydrogen-bond acceptors (Lipinski definition) is 4. The fourth-order valence-electron chi connectivity index (χ4n) is 1.62.